The van der Waals surface area contributed by atoms with Crippen LogP contribution in [0, 0.1) is 5.92 Å². The summed E-state index contributed by atoms with van der Waals surface area (Å²) in [6.45, 7) is 2.56. The zero-order chi connectivity index (χ0) is 18.5. The van der Waals surface area contributed by atoms with Gasteiger partial charge in [-0.05, 0) is 54.7 Å². The lowest BCUT2D eigenvalue weighted by Crippen LogP contribution is -2.39. The summed E-state index contributed by atoms with van der Waals surface area (Å²) in [5, 5.41) is 1.13. The van der Waals surface area contributed by atoms with E-state index < -0.39 is 0 Å². The zero-order valence-electron chi connectivity index (χ0n) is 14.9. The summed E-state index contributed by atoms with van der Waals surface area (Å²) in [6, 6.07) is 12.7. The van der Waals surface area contributed by atoms with E-state index in [2.05, 4.69) is 0 Å². The minimum absolute atomic E-state index is 0. The van der Waals surface area contributed by atoms with Gasteiger partial charge in [0, 0.05) is 35.2 Å². The molecule has 1 aliphatic rings. The van der Waals surface area contributed by atoms with Crippen molar-refractivity contribution in [2.24, 2.45) is 11.7 Å². The van der Waals surface area contributed by atoms with Gasteiger partial charge in [0.15, 0.2) is 0 Å². The smallest absolute Gasteiger partial charge is 0.253 e. The Labute approximate surface area is 176 Å². The average molecular weight is 430 g/mol. The fourth-order valence-corrected chi connectivity index (χ4v) is 3.60. The molecule has 7 heteroatoms. The van der Waals surface area contributed by atoms with E-state index in [1.165, 1.54) is 0 Å². The molecule has 2 N–H and O–H groups in total. The van der Waals surface area contributed by atoms with Crippen LogP contribution in [0.3, 0.4) is 0 Å². The van der Waals surface area contributed by atoms with Crippen molar-refractivity contribution >= 4 is 41.5 Å². The largest absolute Gasteiger partial charge is 0.493 e. The molecule has 1 fully saturated rings. The highest BCUT2D eigenvalue weighted by molar-refractivity contribution is 6.34. The second-order valence-electron chi connectivity index (χ2n) is 6.55. The molecule has 27 heavy (non-hydrogen) atoms. The van der Waals surface area contributed by atoms with Crippen molar-refractivity contribution < 1.29 is 9.53 Å². The quantitative estimate of drug-likeness (QED) is 0.742. The van der Waals surface area contributed by atoms with Crippen molar-refractivity contribution in [1.82, 2.24) is 4.90 Å². The van der Waals surface area contributed by atoms with E-state index in [1.54, 1.807) is 18.2 Å². The van der Waals surface area contributed by atoms with Gasteiger partial charge in [-0.2, -0.15) is 0 Å². The lowest BCUT2D eigenvalue weighted by Gasteiger charge is -2.32. The third kappa shape index (κ3) is 6.01. The molecule has 0 bridgehead atoms. The van der Waals surface area contributed by atoms with Crippen LogP contribution >= 0.6 is 35.6 Å². The maximum absolute atomic E-state index is 12.6. The van der Waals surface area contributed by atoms with Crippen LogP contribution in [-0.2, 0) is 6.54 Å². The number of likely N-dealkylation sites (tertiary alicyclic amines) is 1. The Morgan fingerprint density at radius 2 is 1.67 bits per heavy atom. The fraction of sp³-hybridized carbons (Fsp3) is 0.350. The number of carbonyl (C=O) groups excluding carboxylic acids is 1. The Hall–Kier alpha value is -1.46. The first-order chi connectivity index (χ1) is 12.5. The lowest BCUT2D eigenvalue weighted by molar-refractivity contribution is 0.0661. The second-order valence-corrected chi connectivity index (χ2v) is 7.43. The normalized spacial score (nSPS) is 14.6. The number of carbonyl (C=O) groups is 1. The van der Waals surface area contributed by atoms with Crippen LogP contribution in [0.15, 0.2) is 42.5 Å². The minimum atomic E-state index is 0. The predicted octanol–water partition coefficient (Wildman–Crippen LogP) is 4.81. The van der Waals surface area contributed by atoms with Gasteiger partial charge in [0.25, 0.3) is 5.91 Å². The molecule has 0 radical (unpaired) electrons. The van der Waals surface area contributed by atoms with E-state index >= 15 is 0 Å². The lowest BCUT2D eigenvalue weighted by atomic mass is 9.97. The summed E-state index contributed by atoms with van der Waals surface area (Å²) >= 11 is 12.0. The van der Waals surface area contributed by atoms with Crippen LogP contribution in [0.1, 0.15) is 28.8 Å². The Kier molecular flexibility index (Phi) is 8.24. The number of halogens is 3. The molecule has 1 amide bonds. The van der Waals surface area contributed by atoms with E-state index in [4.69, 9.17) is 33.7 Å². The van der Waals surface area contributed by atoms with Gasteiger partial charge in [0.05, 0.1) is 6.61 Å². The summed E-state index contributed by atoms with van der Waals surface area (Å²) in [5.41, 5.74) is 7.34. The van der Waals surface area contributed by atoms with Crippen molar-refractivity contribution in [1.29, 1.82) is 0 Å². The van der Waals surface area contributed by atoms with E-state index in [-0.39, 0.29) is 18.3 Å². The summed E-state index contributed by atoms with van der Waals surface area (Å²) in [6.07, 6.45) is 1.84. The molecule has 2 aromatic carbocycles. The number of nitrogens with two attached hydrogens (primary N) is 1. The molecule has 2 aromatic rings. The standard InChI is InChI=1S/C20H22Cl2N2O2.ClH/c21-17-9-18(22)11-19(10-17)26-13-15-5-7-24(8-6-15)20(25)16-3-1-14(12-23)2-4-16;/h1-4,9-11,15H,5-8,12-13,23H2;1H. The molecule has 0 aromatic heterocycles. The van der Waals surface area contributed by atoms with E-state index in [9.17, 15) is 4.79 Å². The maximum Gasteiger partial charge on any atom is 0.253 e. The SMILES string of the molecule is Cl.NCc1ccc(C(=O)N2CCC(COc3cc(Cl)cc(Cl)c3)CC2)cc1. The van der Waals surface area contributed by atoms with E-state index in [1.807, 2.05) is 29.2 Å². The molecule has 1 saturated heterocycles. The number of piperidine rings is 1. The van der Waals surface area contributed by atoms with Gasteiger partial charge in [-0.3, -0.25) is 4.79 Å². The summed E-state index contributed by atoms with van der Waals surface area (Å²) in [7, 11) is 0. The molecular formula is C20H23Cl3N2O2. The van der Waals surface area contributed by atoms with Gasteiger partial charge in [0.1, 0.15) is 5.75 Å². The van der Waals surface area contributed by atoms with E-state index in [0.29, 0.717) is 40.4 Å². The first-order valence-electron chi connectivity index (χ1n) is 8.72. The van der Waals surface area contributed by atoms with Crippen LogP contribution in [-0.4, -0.2) is 30.5 Å². The molecule has 0 aliphatic carbocycles. The molecule has 146 valence electrons. The summed E-state index contributed by atoms with van der Waals surface area (Å²) in [4.78, 5) is 14.5. The number of hydrogen-bond acceptors (Lipinski definition) is 3. The van der Waals surface area contributed by atoms with E-state index in [0.717, 1.165) is 31.5 Å². The molecular weight excluding hydrogens is 407 g/mol. The predicted molar refractivity (Wildman–Crippen MR) is 112 cm³/mol. The molecule has 0 unspecified atom stereocenters. The number of amides is 1. The van der Waals surface area contributed by atoms with Crippen LogP contribution < -0.4 is 10.5 Å². The first kappa shape index (κ1) is 21.8. The van der Waals surface area contributed by atoms with Crippen molar-refractivity contribution in [3.63, 3.8) is 0 Å². The topological polar surface area (TPSA) is 55.6 Å². The minimum Gasteiger partial charge on any atom is -0.493 e. The Balaban J connectivity index is 0.00000261. The van der Waals surface area contributed by atoms with Crippen LogP contribution in [0.5, 0.6) is 5.75 Å². The molecule has 1 aliphatic heterocycles. The Morgan fingerprint density at radius 1 is 1.07 bits per heavy atom. The number of benzene rings is 2. The summed E-state index contributed by atoms with van der Waals surface area (Å²) < 4.78 is 5.83. The number of ether oxygens (including phenoxy) is 1. The first-order valence-corrected chi connectivity index (χ1v) is 9.48. The number of nitrogens with zero attached hydrogens (tertiary/aromatic N) is 1. The van der Waals surface area contributed by atoms with Gasteiger partial charge < -0.3 is 15.4 Å². The molecule has 4 nitrogen and oxygen atoms in total. The van der Waals surface area contributed by atoms with Crippen molar-refractivity contribution in [2.75, 3.05) is 19.7 Å². The molecule has 0 atom stereocenters. The van der Waals surface area contributed by atoms with Gasteiger partial charge in [0.2, 0.25) is 0 Å². The summed E-state index contributed by atoms with van der Waals surface area (Å²) in [5.74, 6) is 1.17. The highest BCUT2D eigenvalue weighted by Crippen LogP contribution is 2.26. The van der Waals surface area contributed by atoms with Crippen LogP contribution in [0.25, 0.3) is 0 Å². The third-order valence-electron chi connectivity index (χ3n) is 4.66. The van der Waals surface area contributed by atoms with Crippen LogP contribution in [0.4, 0.5) is 0 Å². The average Bonchev–Trinajstić information content (AvgIpc) is 2.65. The van der Waals surface area contributed by atoms with Gasteiger partial charge >= 0.3 is 0 Å². The Morgan fingerprint density at radius 3 is 2.22 bits per heavy atom. The molecule has 3 rings (SSSR count). The number of rotatable bonds is 5. The Bertz CT molecular complexity index is 740. The van der Waals surface area contributed by atoms with Gasteiger partial charge in [-0.1, -0.05) is 35.3 Å². The van der Waals surface area contributed by atoms with Crippen molar-refractivity contribution in [3.8, 4) is 5.75 Å². The monoisotopic (exact) mass is 428 g/mol. The maximum atomic E-state index is 12.6. The van der Waals surface area contributed by atoms with Gasteiger partial charge in [-0.25, -0.2) is 0 Å². The van der Waals surface area contributed by atoms with Gasteiger partial charge in [-0.15, -0.1) is 12.4 Å². The van der Waals surface area contributed by atoms with Crippen molar-refractivity contribution in [3.05, 3.63) is 63.6 Å². The number of hydrogen-bond donors (Lipinski definition) is 1. The molecule has 1 heterocycles. The fourth-order valence-electron chi connectivity index (χ4n) is 3.09. The molecule has 0 saturated carbocycles. The highest BCUT2D eigenvalue weighted by Gasteiger charge is 2.24. The molecule has 0 spiro atoms. The third-order valence-corrected chi connectivity index (χ3v) is 5.10. The second kappa shape index (κ2) is 10.2. The highest BCUT2D eigenvalue weighted by atomic mass is 35.5. The van der Waals surface area contributed by atoms with Crippen molar-refractivity contribution in [2.45, 2.75) is 19.4 Å². The zero-order valence-corrected chi connectivity index (χ0v) is 17.2. The van der Waals surface area contributed by atoms with Crippen LogP contribution in [0.2, 0.25) is 10.0 Å².